The molecule has 0 saturated carbocycles. The standard InChI is InChI=1S/C16H24N2O3/c1-12-2-4-15(5-3-12)21-11-14(19)10-18-8-6-13(7-9-18)16(17)20/h2-5,13-14,19H,6-11H2,1H3,(H2,17,20). The highest BCUT2D eigenvalue weighted by atomic mass is 16.5. The van der Waals surface area contributed by atoms with Gasteiger partial charge in [-0.1, -0.05) is 17.7 Å². The number of benzene rings is 1. The molecule has 1 aromatic carbocycles. The molecular weight excluding hydrogens is 268 g/mol. The van der Waals surface area contributed by atoms with Crippen molar-refractivity contribution in [3.8, 4) is 5.75 Å². The Balaban J connectivity index is 1.69. The van der Waals surface area contributed by atoms with Gasteiger partial charge in [0.15, 0.2) is 0 Å². The first-order valence-electron chi connectivity index (χ1n) is 7.44. The molecule has 1 amide bonds. The second-order valence-corrected chi connectivity index (χ2v) is 5.76. The van der Waals surface area contributed by atoms with E-state index in [-0.39, 0.29) is 18.4 Å². The quantitative estimate of drug-likeness (QED) is 0.818. The van der Waals surface area contributed by atoms with E-state index in [4.69, 9.17) is 10.5 Å². The van der Waals surface area contributed by atoms with Gasteiger partial charge in [-0.05, 0) is 45.0 Å². The van der Waals surface area contributed by atoms with Gasteiger partial charge in [-0.25, -0.2) is 0 Å². The molecule has 1 saturated heterocycles. The van der Waals surface area contributed by atoms with Crippen molar-refractivity contribution in [3.63, 3.8) is 0 Å². The van der Waals surface area contributed by atoms with Crippen LogP contribution in [-0.2, 0) is 4.79 Å². The maximum atomic E-state index is 11.1. The van der Waals surface area contributed by atoms with Gasteiger partial charge in [0.05, 0.1) is 0 Å². The Hall–Kier alpha value is -1.59. The van der Waals surface area contributed by atoms with Crippen molar-refractivity contribution in [2.24, 2.45) is 11.7 Å². The molecule has 5 nitrogen and oxygen atoms in total. The van der Waals surface area contributed by atoms with Gasteiger partial charge in [-0.2, -0.15) is 0 Å². The van der Waals surface area contributed by atoms with E-state index in [9.17, 15) is 9.90 Å². The lowest BCUT2D eigenvalue weighted by atomic mass is 9.96. The number of aliphatic hydroxyl groups is 1. The number of rotatable bonds is 6. The lowest BCUT2D eigenvalue weighted by Crippen LogP contribution is -2.43. The van der Waals surface area contributed by atoms with Crippen molar-refractivity contribution in [2.75, 3.05) is 26.2 Å². The van der Waals surface area contributed by atoms with Crippen LogP contribution in [0.5, 0.6) is 5.75 Å². The largest absolute Gasteiger partial charge is 0.491 e. The predicted molar refractivity (Wildman–Crippen MR) is 81.0 cm³/mol. The highest BCUT2D eigenvalue weighted by Gasteiger charge is 2.24. The average Bonchev–Trinajstić information content (AvgIpc) is 2.47. The van der Waals surface area contributed by atoms with Crippen LogP contribution in [0.2, 0.25) is 0 Å². The molecule has 1 aliphatic rings. The second kappa shape index (κ2) is 7.43. The van der Waals surface area contributed by atoms with Crippen LogP contribution in [0.25, 0.3) is 0 Å². The fourth-order valence-electron chi connectivity index (χ4n) is 2.58. The molecule has 1 unspecified atom stereocenters. The van der Waals surface area contributed by atoms with Gasteiger partial charge >= 0.3 is 0 Å². The van der Waals surface area contributed by atoms with E-state index in [0.717, 1.165) is 31.7 Å². The number of primary amides is 1. The Morgan fingerprint density at radius 1 is 1.38 bits per heavy atom. The summed E-state index contributed by atoms with van der Waals surface area (Å²) in [6.45, 7) is 4.47. The molecule has 0 aliphatic carbocycles. The molecule has 1 aliphatic heterocycles. The normalized spacial score (nSPS) is 18.4. The Kier molecular flexibility index (Phi) is 5.59. The third-order valence-electron chi connectivity index (χ3n) is 3.92. The van der Waals surface area contributed by atoms with Crippen LogP contribution >= 0.6 is 0 Å². The number of β-amino-alcohol motifs (C(OH)–C–C–N with tert-alkyl or cyclic N) is 1. The Morgan fingerprint density at radius 3 is 2.57 bits per heavy atom. The number of nitrogens with zero attached hydrogens (tertiary/aromatic N) is 1. The van der Waals surface area contributed by atoms with Gasteiger partial charge in [0, 0.05) is 12.5 Å². The minimum atomic E-state index is -0.531. The third kappa shape index (κ3) is 5.02. The number of aryl methyl sites for hydroxylation is 1. The number of hydrogen-bond acceptors (Lipinski definition) is 4. The molecule has 116 valence electrons. The van der Waals surface area contributed by atoms with Gasteiger partial charge in [-0.3, -0.25) is 4.79 Å². The minimum Gasteiger partial charge on any atom is -0.491 e. The van der Waals surface area contributed by atoms with Crippen molar-refractivity contribution in [3.05, 3.63) is 29.8 Å². The zero-order valence-electron chi connectivity index (χ0n) is 12.5. The zero-order valence-corrected chi connectivity index (χ0v) is 12.5. The first-order chi connectivity index (χ1) is 10.0. The fourth-order valence-corrected chi connectivity index (χ4v) is 2.58. The molecule has 0 radical (unpaired) electrons. The summed E-state index contributed by atoms with van der Waals surface area (Å²) in [5.74, 6) is 0.548. The maximum Gasteiger partial charge on any atom is 0.220 e. The molecule has 0 aromatic heterocycles. The zero-order chi connectivity index (χ0) is 15.2. The van der Waals surface area contributed by atoms with Gasteiger partial charge in [-0.15, -0.1) is 0 Å². The van der Waals surface area contributed by atoms with E-state index in [1.54, 1.807) is 0 Å². The summed E-state index contributed by atoms with van der Waals surface area (Å²) in [6, 6.07) is 7.77. The topological polar surface area (TPSA) is 75.8 Å². The van der Waals surface area contributed by atoms with E-state index < -0.39 is 6.10 Å². The predicted octanol–water partition coefficient (Wildman–Crippen LogP) is 0.932. The lowest BCUT2D eigenvalue weighted by molar-refractivity contribution is -0.123. The SMILES string of the molecule is Cc1ccc(OCC(O)CN2CCC(C(N)=O)CC2)cc1. The number of hydrogen-bond donors (Lipinski definition) is 2. The molecule has 21 heavy (non-hydrogen) atoms. The average molecular weight is 292 g/mol. The van der Waals surface area contributed by atoms with E-state index >= 15 is 0 Å². The van der Waals surface area contributed by atoms with Crippen LogP contribution < -0.4 is 10.5 Å². The first kappa shape index (κ1) is 15.8. The number of ether oxygens (including phenoxy) is 1. The number of aliphatic hydroxyl groups excluding tert-OH is 1. The van der Waals surface area contributed by atoms with Crippen LogP contribution in [0, 0.1) is 12.8 Å². The molecule has 1 heterocycles. The molecule has 0 bridgehead atoms. The number of nitrogens with two attached hydrogens (primary N) is 1. The maximum absolute atomic E-state index is 11.1. The summed E-state index contributed by atoms with van der Waals surface area (Å²) in [5, 5.41) is 10.0. The molecular formula is C16H24N2O3. The molecule has 1 atom stereocenters. The Bertz CT molecular complexity index is 453. The van der Waals surface area contributed by atoms with Crippen molar-refractivity contribution in [1.82, 2.24) is 4.90 Å². The minimum absolute atomic E-state index is 0.0119. The molecule has 0 spiro atoms. The van der Waals surface area contributed by atoms with Crippen molar-refractivity contribution < 1.29 is 14.6 Å². The number of amides is 1. The number of piperidine rings is 1. The van der Waals surface area contributed by atoms with Crippen LogP contribution in [0.1, 0.15) is 18.4 Å². The molecule has 3 N–H and O–H groups in total. The van der Waals surface area contributed by atoms with Crippen molar-refractivity contribution in [1.29, 1.82) is 0 Å². The molecule has 1 aromatic rings. The van der Waals surface area contributed by atoms with Gasteiger partial charge < -0.3 is 20.5 Å². The molecule has 1 fully saturated rings. The Morgan fingerprint density at radius 2 is 2.00 bits per heavy atom. The summed E-state index contributed by atoms with van der Waals surface area (Å²) in [6.07, 6.45) is 1.03. The Labute approximate surface area is 125 Å². The smallest absolute Gasteiger partial charge is 0.220 e. The number of carbonyl (C=O) groups is 1. The lowest BCUT2D eigenvalue weighted by Gasteiger charge is -2.31. The van der Waals surface area contributed by atoms with Crippen LogP contribution in [-0.4, -0.2) is 48.3 Å². The van der Waals surface area contributed by atoms with Gasteiger partial charge in [0.2, 0.25) is 5.91 Å². The van der Waals surface area contributed by atoms with E-state index in [0.29, 0.717) is 6.54 Å². The van der Waals surface area contributed by atoms with E-state index in [1.165, 1.54) is 5.56 Å². The summed E-state index contributed by atoms with van der Waals surface area (Å²) in [5.41, 5.74) is 6.49. The van der Waals surface area contributed by atoms with E-state index in [2.05, 4.69) is 4.90 Å². The number of carbonyl (C=O) groups excluding carboxylic acids is 1. The van der Waals surface area contributed by atoms with Crippen molar-refractivity contribution in [2.45, 2.75) is 25.9 Å². The molecule has 2 rings (SSSR count). The highest BCUT2D eigenvalue weighted by Crippen LogP contribution is 2.17. The summed E-state index contributed by atoms with van der Waals surface area (Å²) in [4.78, 5) is 13.3. The third-order valence-corrected chi connectivity index (χ3v) is 3.92. The van der Waals surface area contributed by atoms with E-state index in [1.807, 2.05) is 31.2 Å². The van der Waals surface area contributed by atoms with Gasteiger partial charge in [0.1, 0.15) is 18.5 Å². The van der Waals surface area contributed by atoms with Crippen LogP contribution in [0.4, 0.5) is 0 Å². The van der Waals surface area contributed by atoms with Crippen LogP contribution in [0.3, 0.4) is 0 Å². The highest BCUT2D eigenvalue weighted by molar-refractivity contribution is 5.76. The summed E-state index contributed by atoms with van der Waals surface area (Å²) in [7, 11) is 0. The summed E-state index contributed by atoms with van der Waals surface area (Å²) >= 11 is 0. The number of likely N-dealkylation sites (tertiary alicyclic amines) is 1. The fraction of sp³-hybridized carbons (Fsp3) is 0.562. The molecule has 5 heteroatoms. The second-order valence-electron chi connectivity index (χ2n) is 5.76. The van der Waals surface area contributed by atoms with Crippen LogP contribution in [0.15, 0.2) is 24.3 Å². The van der Waals surface area contributed by atoms with Gasteiger partial charge in [0.25, 0.3) is 0 Å². The monoisotopic (exact) mass is 292 g/mol. The summed E-state index contributed by atoms with van der Waals surface area (Å²) < 4.78 is 5.57. The first-order valence-corrected chi connectivity index (χ1v) is 7.44. The van der Waals surface area contributed by atoms with Crippen molar-refractivity contribution >= 4 is 5.91 Å².